The Hall–Kier alpha value is -2.74. The monoisotopic (exact) mass is 611 g/mol. The second-order valence-corrected chi connectivity index (χ2v) is 9.78. The molecule has 0 fully saturated rings. The van der Waals surface area contributed by atoms with Crippen LogP contribution in [0.25, 0.3) is 16.8 Å². The second-order valence-electron chi connectivity index (χ2n) is 7.05. The fourth-order valence-electron chi connectivity index (χ4n) is 3.12. The zero-order chi connectivity index (χ0) is 24.1. The number of rotatable bonds is 9. The number of aromatic amines is 1. The topological polar surface area (TPSA) is 122 Å². The van der Waals surface area contributed by atoms with Gasteiger partial charge in [-0.25, -0.2) is 4.68 Å². The first-order chi connectivity index (χ1) is 16.5. The van der Waals surface area contributed by atoms with E-state index < -0.39 is 0 Å². The van der Waals surface area contributed by atoms with Crippen molar-refractivity contribution in [3.63, 3.8) is 0 Å². The van der Waals surface area contributed by atoms with Crippen molar-refractivity contribution in [1.29, 1.82) is 0 Å². The SMILES string of the molecule is O=C(NCc1nnn(-c2ccc(-c3ccc[nH]c3=O)cc2OCCCO)c1I)c1ccc(Cl)s1. The number of amides is 1. The minimum Gasteiger partial charge on any atom is -0.491 e. The van der Waals surface area contributed by atoms with Crippen LogP contribution < -0.4 is 15.6 Å². The Balaban J connectivity index is 1.61. The zero-order valence-electron chi connectivity index (χ0n) is 17.6. The summed E-state index contributed by atoms with van der Waals surface area (Å²) >= 11 is 9.21. The van der Waals surface area contributed by atoms with E-state index in [1.807, 2.05) is 0 Å². The molecule has 0 atom stereocenters. The summed E-state index contributed by atoms with van der Waals surface area (Å²) in [4.78, 5) is 27.7. The van der Waals surface area contributed by atoms with Crippen molar-refractivity contribution in [1.82, 2.24) is 25.3 Å². The fourth-order valence-corrected chi connectivity index (χ4v) is 4.73. The zero-order valence-corrected chi connectivity index (χ0v) is 21.4. The fraction of sp³-hybridized carbons (Fsp3) is 0.182. The van der Waals surface area contributed by atoms with Crippen molar-refractivity contribution in [2.45, 2.75) is 13.0 Å². The van der Waals surface area contributed by atoms with Crippen molar-refractivity contribution in [2.75, 3.05) is 13.2 Å². The highest BCUT2D eigenvalue weighted by molar-refractivity contribution is 14.1. The molecular formula is C22H19ClIN5O4S. The molecule has 0 saturated carbocycles. The third-order valence-corrected chi connectivity index (χ3v) is 7.08. The van der Waals surface area contributed by atoms with Crippen LogP contribution in [0.3, 0.4) is 0 Å². The number of nitrogens with one attached hydrogen (secondary N) is 2. The van der Waals surface area contributed by atoms with E-state index in [0.29, 0.717) is 47.6 Å². The van der Waals surface area contributed by atoms with Crippen molar-refractivity contribution < 1.29 is 14.6 Å². The van der Waals surface area contributed by atoms with Gasteiger partial charge in [0.1, 0.15) is 20.8 Å². The van der Waals surface area contributed by atoms with Crippen molar-refractivity contribution in [3.05, 3.63) is 77.6 Å². The molecule has 0 bridgehead atoms. The Morgan fingerprint density at radius 1 is 1.29 bits per heavy atom. The Kier molecular flexibility index (Phi) is 7.98. The van der Waals surface area contributed by atoms with Gasteiger partial charge in [-0.3, -0.25) is 9.59 Å². The molecule has 0 spiro atoms. The summed E-state index contributed by atoms with van der Waals surface area (Å²) in [6.45, 7) is 0.466. The lowest BCUT2D eigenvalue weighted by Gasteiger charge is -2.13. The smallest absolute Gasteiger partial charge is 0.261 e. The predicted octanol–water partition coefficient (Wildman–Crippen LogP) is 3.63. The van der Waals surface area contributed by atoms with E-state index in [4.69, 9.17) is 21.4 Å². The van der Waals surface area contributed by atoms with Crippen LogP contribution in [0.5, 0.6) is 5.75 Å². The number of carbonyl (C=O) groups excluding carboxylic acids is 1. The van der Waals surface area contributed by atoms with Gasteiger partial charge in [-0.15, -0.1) is 16.4 Å². The molecule has 4 aromatic rings. The van der Waals surface area contributed by atoms with Crippen LogP contribution in [0.15, 0.2) is 53.5 Å². The van der Waals surface area contributed by atoms with Crippen LogP contribution in [0.4, 0.5) is 0 Å². The van der Waals surface area contributed by atoms with E-state index in [9.17, 15) is 9.59 Å². The Morgan fingerprint density at radius 2 is 2.15 bits per heavy atom. The van der Waals surface area contributed by atoms with E-state index >= 15 is 0 Å². The highest BCUT2D eigenvalue weighted by Crippen LogP contribution is 2.30. The molecule has 4 rings (SSSR count). The lowest BCUT2D eigenvalue weighted by Crippen LogP contribution is -2.22. The van der Waals surface area contributed by atoms with Gasteiger partial charge in [-0.05, 0) is 64.6 Å². The van der Waals surface area contributed by atoms with Gasteiger partial charge in [0.2, 0.25) is 0 Å². The summed E-state index contributed by atoms with van der Waals surface area (Å²) in [6, 6.07) is 12.2. The van der Waals surface area contributed by atoms with E-state index in [1.165, 1.54) is 11.3 Å². The van der Waals surface area contributed by atoms with Crippen LogP contribution in [-0.2, 0) is 6.54 Å². The maximum atomic E-state index is 12.3. The van der Waals surface area contributed by atoms with Gasteiger partial charge in [0, 0.05) is 24.8 Å². The molecule has 0 unspecified atom stereocenters. The number of nitrogens with zero attached hydrogens (tertiary/aromatic N) is 3. The molecule has 0 aliphatic carbocycles. The number of carbonyl (C=O) groups is 1. The van der Waals surface area contributed by atoms with E-state index in [0.717, 1.165) is 0 Å². The first-order valence-electron chi connectivity index (χ1n) is 10.2. The molecule has 12 heteroatoms. The molecule has 3 aromatic heterocycles. The highest BCUT2D eigenvalue weighted by atomic mass is 127. The number of aliphatic hydroxyl groups is 1. The summed E-state index contributed by atoms with van der Waals surface area (Å²) in [5.41, 5.74) is 2.18. The maximum absolute atomic E-state index is 12.3. The third kappa shape index (κ3) is 5.49. The van der Waals surface area contributed by atoms with Crippen molar-refractivity contribution >= 4 is 51.4 Å². The Labute approximate surface area is 216 Å². The van der Waals surface area contributed by atoms with E-state index in [-0.39, 0.29) is 31.2 Å². The Bertz CT molecular complexity index is 1370. The average molecular weight is 612 g/mol. The number of ether oxygens (including phenoxy) is 1. The summed E-state index contributed by atoms with van der Waals surface area (Å²) < 4.78 is 8.76. The maximum Gasteiger partial charge on any atom is 0.261 e. The summed E-state index contributed by atoms with van der Waals surface area (Å²) in [7, 11) is 0. The van der Waals surface area contributed by atoms with E-state index in [2.05, 4.69) is 43.2 Å². The minimum atomic E-state index is -0.243. The molecule has 3 heterocycles. The molecule has 34 heavy (non-hydrogen) atoms. The van der Waals surface area contributed by atoms with Crippen LogP contribution in [0.1, 0.15) is 21.8 Å². The summed E-state index contributed by atoms with van der Waals surface area (Å²) in [5, 5.41) is 20.4. The minimum absolute atomic E-state index is 0.00641. The highest BCUT2D eigenvalue weighted by Gasteiger charge is 2.18. The molecule has 0 aliphatic heterocycles. The van der Waals surface area contributed by atoms with Crippen LogP contribution in [-0.4, -0.2) is 44.2 Å². The number of aromatic nitrogens is 4. The average Bonchev–Trinajstić information content (AvgIpc) is 3.43. The molecule has 9 nitrogen and oxygen atoms in total. The molecule has 1 amide bonds. The number of thiophene rings is 1. The van der Waals surface area contributed by atoms with Crippen molar-refractivity contribution in [3.8, 4) is 22.6 Å². The van der Waals surface area contributed by atoms with Gasteiger partial charge in [-0.1, -0.05) is 22.9 Å². The van der Waals surface area contributed by atoms with E-state index in [1.54, 1.807) is 53.3 Å². The first kappa shape index (κ1) is 24.4. The lowest BCUT2D eigenvalue weighted by atomic mass is 10.1. The number of hydrogen-bond donors (Lipinski definition) is 3. The van der Waals surface area contributed by atoms with Gasteiger partial charge in [-0.2, -0.15) is 0 Å². The van der Waals surface area contributed by atoms with Crippen LogP contribution in [0.2, 0.25) is 4.34 Å². The Morgan fingerprint density at radius 3 is 2.88 bits per heavy atom. The van der Waals surface area contributed by atoms with Gasteiger partial charge in [0.15, 0.2) is 0 Å². The standard InChI is InChI=1S/C22H19ClIN5O4S/c23-19-7-6-18(34-19)22(32)26-12-15-20(24)29(28-27-15)16-5-4-13(11-17(16)33-10-2-9-30)14-3-1-8-25-21(14)31/h1,3-8,11,30H,2,9-10,12H2,(H,25,31)(H,26,32). The summed E-state index contributed by atoms with van der Waals surface area (Å²) in [6.07, 6.45) is 2.03. The number of hydrogen-bond acceptors (Lipinski definition) is 7. The van der Waals surface area contributed by atoms with Gasteiger partial charge in [0.25, 0.3) is 11.5 Å². The number of pyridine rings is 1. The molecule has 0 saturated heterocycles. The first-order valence-corrected chi connectivity index (χ1v) is 12.4. The lowest BCUT2D eigenvalue weighted by molar-refractivity contribution is 0.0954. The largest absolute Gasteiger partial charge is 0.491 e. The second kappa shape index (κ2) is 11.1. The molecule has 1 aromatic carbocycles. The third-order valence-electron chi connectivity index (χ3n) is 4.77. The summed E-state index contributed by atoms with van der Waals surface area (Å²) in [5.74, 6) is 0.244. The van der Waals surface area contributed by atoms with Gasteiger partial charge < -0.3 is 20.1 Å². The number of halogens is 2. The number of aliphatic hydroxyl groups excluding tert-OH is 1. The molecule has 3 N–H and O–H groups in total. The van der Waals surface area contributed by atoms with Gasteiger partial charge in [0.05, 0.1) is 22.4 Å². The number of H-pyrrole nitrogens is 1. The quantitative estimate of drug-likeness (QED) is 0.196. The van der Waals surface area contributed by atoms with Crippen LogP contribution in [0, 0.1) is 3.70 Å². The molecule has 0 radical (unpaired) electrons. The van der Waals surface area contributed by atoms with Crippen molar-refractivity contribution in [2.24, 2.45) is 0 Å². The molecule has 176 valence electrons. The molecular weight excluding hydrogens is 593 g/mol. The normalized spacial score (nSPS) is 10.9. The van der Waals surface area contributed by atoms with Crippen LogP contribution >= 0.6 is 45.5 Å². The predicted molar refractivity (Wildman–Crippen MR) is 138 cm³/mol. The van der Waals surface area contributed by atoms with Gasteiger partial charge >= 0.3 is 0 Å². The molecule has 0 aliphatic rings. The number of benzene rings is 1.